The Labute approximate surface area is 115 Å². The third-order valence-corrected chi connectivity index (χ3v) is 4.57. The van der Waals surface area contributed by atoms with E-state index in [-0.39, 0.29) is 11.8 Å². The number of carbonyl (C=O) groups is 1. The first kappa shape index (κ1) is 12.2. The van der Waals surface area contributed by atoms with Gasteiger partial charge in [-0.25, -0.2) is 4.98 Å². The van der Waals surface area contributed by atoms with E-state index >= 15 is 0 Å². The summed E-state index contributed by atoms with van der Waals surface area (Å²) < 4.78 is 1.08. The van der Waals surface area contributed by atoms with Crippen LogP contribution in [-0.4, -0.2) is 24.0 Å². The Hall–Kier alpha value is -1.82. The number of rotatable bonds is 2. The van der Waals surface area contributed by atoms with Gasteiger partial charge >= 0.3 is 0 Å². The molecule has 2 aromatic rings. The molecule has 4 N–H and O–H groups in total. The third kappa shape index (κ3) is 2.35. The first-order chi connectivity index (χ1) is 9.13. The van der Waals surface area contributed by atoms with Crippen LogP contribution in [0.2, 0.25) is 0 Å². The van der Waals surface area contributed by atoms with Gasteiger partial charge in [0.1, 0.15) is 0 Å². The monoisotopic (exact) mass is 276 g/mol. The van der Waals surface area contributed by atoms with Crippen molar-refractivity contribution in [1.29, 1.82) is 0 Å². The van der Waals surface area contributed by atoms with E-state index < -0.39 is 0 Å². The normalized spacial score (nSPS) is 19.8. The molecule has 1 atom stereocenters. The predicted molar refractivity (Wildman–Crippen MR) is 78.2 cm³/mol. The summed E-state index contributed by atoms with van der Waals surface area (Å²) in [5.74, 6) is -0.277. The molecular weight excluding hydrogens is 260 g/mol. The Morgan fingerprint density at radius 2 is 2.32 bits per heavy atom. The molecule has 0 radical (unpaired) electrons. The molecule has 1 saturated heterocycles. The summed E-state index contributed by atoms with van der Waals surface area (Å²) in [5, 5.41) is 0.951. The number of nitrogen functional groups attached to an aromatic ring is 1. The van der Waals surface area contributed by atoms with E-state index in [1.807, 2.05) is 18.2 Å². The molecule has 1 aliphatic rings. The van der Waals surface area contributed by atoms with Crippen LogP contribution in [0.5, 0.6) is 0 Å². The maximum atomic E-state index is 11.3. The number of thiazole rings is 1. The first-order valence-electron chi connectivity index (χ1n) is 6.34. The lowest BCUT2D eigenvalue weighted by Gasteiger charge is -2.30. The van der Waals surface area contributed by atoms with Crippen molar-refractivity contribution in [2.24, 2.45) is 11.7 Å². The van der Waals surface area contributed by atoms with Crippen molar-refractivity contribution in [3.05, 3.63) is 18.2 Å². The lowest BCUT2D eigenvalue weighted by Crippen LogP contribution is -2.41. The Kier molecular flexibility index (Phi) is 3.02. The van der Waals surface area contributed by atoms with E-state index in [2.05, 4.69) is 9.88 Å². The number of aromatic nitrogens is 1. The van der Waals surface area contributed by atoms with Crippen molar-refractivity contribution < 1.29 is 4.79 Å². The average Bonchev–Trinajstić information content (AvgIpc) is 2.81. The van der Waals surface area contributed by atoms with E-state index in [0.29, 0.717) is 6.54 Å². The second kappa shape index (κ2) is 4.70. The number of nitrogens with zero attached hydrogens (tertiary/aromatic N) is 2. The summed E-state index contributed by atoms with van der Waals surface area (Å²) >= 11 is 1.61. The van der Waals surface area contributed by atoms with Gasteiger partial charge in [-0.15, -0.1) is 0 Å². The largest absolute Gasteiger partial charge is 0.399 e. The minimum atomic E-state index is -0.213. The van der Waals surface area contributed by atoms with Crippen molar-refractivity contribution in [3.8, 4) is 0 Å². The highest BCUT2D eigenvalue weighted by Crippen LogP contribution is 2.32. The molecule has 19 heavy (non-hydrogen) atoms. The zero-order valence-corrected chi connectivity index (χ0v) is 11.3. The van der Waals surface area contributed by atoms with Gasteiger partial charge in [0.15, 0.2) is 5.13 Å². The standard InChI is InChI=1S/C13H16N4OS/c14-9-3-4-10-11(6-9)19-13(16-10)17-5-1-2-8(7-17)12(15)18/h3-4,6,8H,1-2,5,7,14H2,(H2,15,18). The molecule has 5 nitrogen and oxygen atoms in total. The summed E-state index contributed by atoms with van der Waals surface area (Å²) in [6, 6.07) is 5.72. The lowest BCUT2D eigenvalue weighted by molar-refractivity contribution is -0.122. The van der Waals surface area contributed by atoms with Crippen LogP contribution in [0.15, 0.2) is 18.2 Å². The van der Waals surface area contributed by atoms with E-state index in [1.54, 1.807) is 11.3 Å². The molecule has 0 aliphatic carbocycles. The molecule has 1 aromatic carbocycles. The molecule has 2 heterocycles. The van der Waals surface area contributed by atoms with E-state index in [9.17, 15) is 4.79 Å². The van der Waals surface area contributed by atoms with Crippen LogP contribution in [-0.2, 0) is 4.79 Å². The molecular formula is C13H16N4OS. The van der Waals surface area contributed by atoms with E-state index in [4.69, 9.17) is 11.5 Å². The summed E-state index contributed by atoms with van der Waals surface area (Å²) in [5.41, 5.74) is 12.9. The number of hydrogen-bond donors (Lipinski definition) is 2. The molecule has 100 valence electrons. The van der Waals surface area contributed by atoms with Crippen LogP contribution >= 0.6 is 11.3 Å². The Morgan fingerprint density at radius 3 is 3.11 bits per heavy atom. The number of piperidine rings is 1. The zero-order valence-electron chi connectivity index (χ0n) is 10.5. The highest BCUT2D eigenvalue weighted by atomic mass is 32.1. The van der Waals surface area contributed by atoms with E-state index in [1.165, 1.54) is 0 Å². The smallest absolute Gasteiger partial charge is 0.222 e. The highest BCUT2D eigenvalue weighted by molar-refractivity contribution is 7.22. The minimum absolute atomic E-state index is 0.0640. The summed E-state index contributed by atoms with van der Waals surface area (Å²) in [6.45, 7) is 1.60. The molecule has 1 amide bonds. The molecule has 1 fully saturated rings. The Bertz CT molecular complexity index is 624. The van der Waals surface area contributed by atoms with Gasteiger partial charge in [-0.3, -0.25) is 4.79 Å². The number of hydrogen-bond acceptors (Lipinski definition) is 5. The van der Waals surface area contributed by atoms with Crippen LogP contribution in [0.1, 0.15) is 12.8 Å². The maximum Gasteiger partial charge on any atom is 0.222 e. The number of amides is 1. The summed E-state index contributed by atoms with van der Waals surface area (Å²) in [4.78, 5) is 18.1. The molecule has 3 rings (SSSR count). The van der Waals surface area contributed by atoms with Gasteiger partial charge in [0, 0.05) is 18.8 Å². The van der Waals surface area contributed by atoms with Crippen molar-refractivity contribution in [3.63, 3.8) is 0 Å². The highest BCUT2D eigenvalue weighted by Gasteiger charge is 2.25. The molecule has 0 saturated carbocycles. The van der Waals surface area contributed by atoms with Crippen molar-refractivity contribution in [1.82, 2.24) is 4.98 Å². The number of primary amides is 1. The van der Waals surface area contributed by atoms with Gasteiger partial charge in [0.05, 0.1) is 16.1 Å². The van der Waals surface area contributed by atoms with Crippen molar-refractivity contribution in [2.75, 3.05) is 23.7 Å². The predicted octanol–water partition coefficient (Wildman–Crippen LogP) is 1.58. The quantitative estimate of drug-likeness (QED) is 0.815. The van der Waals surface area contributed by atoms with Gasteiger partial charge in [0.2, 0.25) is 5.91 Å². The number of nitrogens with two attached hydrogens (primary N) is 2. The third-order valence-electron chi connectivity index (χ3n) is 3.50. The molecule has 1 aromatic heterocycles. The van der Waals surface area contributed by atoms with Gasteiger partial charge in [-0.1, -0.05) is 11.3 Å². The van der Waals surface area contributed by atoms with Gasteiger partial charge in [0.25, 0.3) is 0 Å². The van der Waals surface area contributed by atoms with Crippen molar-refractivity contribution >= 4 is 38.3 Å². The van der Waals surface area contributed by atoms with Gasteiger partial charge in [-0.2, -0.15) is 0 Å². The Balaban J connectivity index is 1.89. The van der Waals surface area contributed by atoms with Crippen LogP contribution in [0.3, 0.4) is 0 Å². The molecule has 1 unspecified atom stereocenters. The van der Waals surface area contributed by atoms with Gasteiger partial charge in [-0.05, 0) is 31.0 Å². The van der Waals surface area contributed by atoms with Crippen LogP contribution in [0.25, 0.3) is 10.2 Å². The zero-order chi connectivity index (χ0) is 13.4. The molecule has 6 heteroatoms. The summed E-state index contributed by atoms with van der Waals surface area (Å²) in [6.07, 6.45) is 1.86. The number of carbonyl (C=O) groups excluding carboxylic acids is 1. The fourth-order valence-electron chi connectivity index (χ4n) is 2.45. The fraction of sp³-hybridized carbons (Fsp3) is 0.385. The first-order valence-corrected chi connectivity index (χ1v) is 7.15. The molecule has 1 aliphatic heterocycles. The number of anilines is 2. The second-order valence-electron chi connectivity index (χ2n) is 4.91. The van der Waals surface area contributed by atoms with Crippen molar-refractivity contribution in [2.45, 2.75) is 12.8 Å². The van der Waals surface area contributed by atoms with Gasteiger partial charge < -0.3 is 16.4 Å². The van der Waals surface area contributed by atoms with Crippen LogP contribution < -0.4 is 16.4 Å². The van der Waals surface area contributed by atoms with Crippen LogP contribution in [0, 0.1) is 5.92 Å². The SMILES string of the molecule is NC(=O)C1CCCN(c2nc3ccc(N)cc3s2)C1. The fourth-order valence-corrected chi connectivity index (χ4v) is 3.50. The number of benzene rings is 1. The van der Waals surface area contributed by atoms with E-state index in [0.717, 1.165) is 40.4 Å². The second-order valence-corrected chi connectivity index (χ2v) is 5.92. The molecule has 0 bridgehead atoms. The van der Waals surface area contributed by atoms with Crippen LogP contribution in [0.4, 0.5) is 10.8 Å². The maximum absolute atomic E-state index is 11.3. The molecule has 0 spiro atoms. The number of fused-ring (bicyclic) bond motifs is 1. The lowest BCUT2D eigenvalue weighted by atomic mass is 9.98. The topological polar surface area (TPSA) is 85.2 Å². The Morgan fingerprint density at radius 1 is 1.47 bits per heavy atom. The summed E-state index contributed by atoms with van der Waals surface area (Å²) in [7, 11) is 0. The average molecular weight is 276 g/mol. The minimum Gasteiger partial charge on any atom is -0.399 e.